The van der Waals surface area contributed by atoms with Crippen molar-refractivity contribution in [2.45, 2.75) is 52.2 Å². The molecule has 0 spiro atoms. The van der Waals surface area contributed by atoms with Gasteiger partial charge < -0.3 is 14.8 Å². The lowest BCUT2D eigenvalue weighted by Crippen LogP contribution is -2.31. The van der Waals surface area contributed by atoms with Gasteiger partial charge in [0.15, 0.2) is 0 Å². The largest absolute Gasteiger partial charge is 0.494 e. The number of thiophene rings is 1. The van der Waals surface area contributed by atoms with Crippen molar-refractivity contribution in [1.82, 2.24) is 0 Å². The van der Waals surface area contributed by atoms with Crippen LogP contribution in [0.1, 0.15) is 60.0 Å². The summed E-state index contributed by atoms with van der Waals surface area (Å²) in [5.74, 6) is 0.522. The van der Waals surface area contributed by atoms with Gasteiger partial charge in [0.05, 0.1) is 24.4 Å². The summed E-state index contributed by atoms with van der Waals surface area (Å²) in [6.07, 6.45) is 2.75. The van der Waals surface area contributed by atoms with Crippen LogP contribution in [0.15, 0.2) is 24.3 Å². The lowest BCUT2D eigenvalue weighted by atomic mass is 9.93. The van der Waals surface area contributed by atoms with Gasteiger partial charge >= 0.3 is 0 Å². The molecule has 0 unspecified atom stereocenters. The van der Waals surface area contributed by atoms with E-state index in [9.17, 15) is 10.1 Å². The fraction of sp³-hybridized carbons (Fsp3) is 0.429. The average molecular weight is 385 g/mol. The SMILES string of the molecule is CCCCOc1ccc(C(=O)Nc2sc3c(c2C#N)CC(C)(C)OC3)cc1. The van der Waals surface area contributed by atoms with E-state index in [-0.39, 0.29) is 11.5 Å². The van der Waals surface area contributed by atoms with Crippen molar-refractivity contribution in [3.8, 4) is 11.8 Å². The second-order valence-electron chi connectivity index (χ2n) is 7.23. The van der Waals surface area contributed by atoms with Crippen molar-refractivity contribution in [2.75, 3.05) is 11.9 Å². The molecule has 0 aliphatic carbocycles. The van der Waals surface area contributed by atoms with Gasteiger partial charge in [-0.1, -0.05) is 13.3 Å². The smallest absolute Gasteiger partial charge is 0.256 e. The van der Waals surface area contributed by atoms with Gasteiger partial charge in [-0.15, -0.1) is 11.3 Å². The van der Waals surface area contributed by atoms with Crippen LogP contribution >= 0.6 is 11.3 Å². The number of unbranched alkanes of at least 4 members (excludes halogenated alkanes) is 1. The summed E-state index contributed by atoms with van der Waals surface area (Å²) in [7, 11) is 0. The maximum atomic E-state index is 12.6. The van der Waals surface area contributed by atoms with Gasteiger partial charge in [-0.2, -0.15) is 5.26 Å². The number of carbonyl (C=O) groups is 1. The van der Waals surface area contributed by atoms with Gasteiger partial charge in [0.25, 0.3) is 5.91 Å². The molecular weight excluding hydrogens is 360 g/mol. The van der Waals surface area contributed by atoms with Crippen LogP contribution < -0.4 is 10.1 Å². The molecule has 27 heavy (non-hydrogen) atoms. The first-order valence-electron chi connectivity index (χ1n) is 9.16. The molecule has 0 atom stereocenters. The van der Waals surface area contributed by atoms with Crippen molar-refractivity contribution < 1.29 is 14.3 Å². The highest BCUT2D eigenvalue weighted by atomic mass is 32.1. The number of anilines is 1. The fourth-order valence-electron chi connectivity index (χ4n) is 2.97. The first-order chi connectivity index (χ1) is 12.9. The number of benzene rings is 1. The molecule has 142 valence electrons. The second-order valence-corrected chi connectivity index (χ2v) is 8.33. The molecule has 2 aromatic rings. The molecule has 2 heterocycles. The fourth-order valence-corrected chi connectivity index (χ4v) is 4.05. The highest BCUT2D eigenvalue weighted by Crippen LogP contribution is 2.40. The van der Waals surface area contributed by atoms with E-state index in [1.807, 2.05) is 13.8 Å². The summed E-state index contributed by atoms with van der Waals surface area (Å²) in [4.78, 5) is 13.6. The number of carbonyl (C=O) groups excluding carboxylic acids is 1. The first kappa shape index (κ1) is 19.4. The molecule has 3 rings (SSSR count). The molecule has 1 aliphatic rings. The van der Waals surface area contributed by atoms with E-state index in [0.29, 0.717) is 35.8 Å². The predicted octanol–water partition coefficient (Wildman–Crippen LogP) is 4.90. The minimum Gasteiger partial charge on any atom is -0.494 e. The van der Waals surface area contributed by atoms with Gasteiger partial charge in [-0.05, 0) is 50.1 Å². The summed E-state index contributed by atoms with van der Waals surface area (Å²) in [6.45, 7) is 7.28. The molecular formula is C21H24N2O3S. The lowest BCUT2D eigenvalue weighted by molar-refractivity contribution is -0.0383. The Morgan fingerprint density at radius 2 is 2.11 bits per heavy atom. The zero-order chi connectivity index (χ0) is 19.4. The Morgan fingerprint density at radius 1 is 1.37 bits per heavy atom. The van der Waals surface area contributed by atoms with Crippen LogP contribution in [0.5, 0.6) is 5.75 Å². The molecule has 0 saturated carbocycles. The number of ether oxygens (including phenoxy) is 2. The molecule has 1 amide bonds. The Hall–Kier alpha value is -2.36. The van der Waals surface area contributed by atoms with Crippen molar-refractivity contribution in [1.29, 1.82) is 5.26 Å². The highest BCUT2D eigenvalue weighted by molar-refractivity contribution is 7.16. The van der Waals surface area contributed by atoms with Gasteiger partial charge in [0.2, 0.25) is 0 Å². The van der Waals surface area contributed by atoms with Gasteiger partial charge in [-0.25, -0.2) is 0 Å². The van der Waals surface area contributed by atoms with Crippen LogP contribution in [-0.2, 0) is 17.8 Å². The summed E-state index contributed by atoms with van der Waals surface area (Å²) < 4.78 is 11.4. The van der Waals surface area contributed by atoms with E-state index in [4.69, 9.17) is 9.47 Å². The summed E-state index contributed by atoms with van der Waals surface area (Å²) in [5.41, 5.74) is 1.78. The molecule has 6 heteroatoms. The molecule has 1 N–H and O–H groups in total. The van der Waals surface area contributed by atoms with E-state index in [1.54, 1.807) is 24.3 Å². The number of amides is 1. The number of nitrogens with one attached hydrogen (secondary N) is 1. The quantitative estimate of drug-likeness (QED) is 0.719. The highest BCUT2D eigenvalue weighted by Gasteiger charge is 2.31. The number of hydrogen-bond donors (Lipinski definition) is 1. The third-order valence-electron chi connectivity index (χ3n) is 4.51. The number of fused-ring (bicyclic) bond motifs is 1. The Bertz CT molecular complexity index is 863. The monoisotopic (exact) mass is 384 g/mol. The molecule has 5 nitrogen and oxygen atoms in total. The molecule has 1 aromatic carbocycles. The van der Waals surface area contributed by atoms with Gasteiger partial charge in [0, 0.05) is 16.9 Å². The Labute approximate surface area is 163 Å². The van der Waals surface area contributed by atoms with E-state index >= 15 is 0 Å². The van der Waals surface area contributed by atoms with E-state index in [1.165, 1.54) is 11.3 Å². The number of hydrogen-bond acceptors (Lipinski definition) is 5. The maximum absolute atomic E-state index is 12.6. The number of rotatable bonds is 6. The molecule has 1 aromatic heterocycles. The topological polar surface area (TPSA) is 71.3 Å². The van der Waals surface area contributed by atoms with Crippen molar-refractivity contribution >= 4 is 22.2 Å². The van der Waals surface area contributed by atoms with Gasteiger partial charge in [-0.3, -0.25) is 4.79 Å². The van der Waals surface area contributed by atoms with Crippen LogP contribution in [0.4, 0.5) is 5.00 Å². The van der Waals surface area contributed by atoms with Crippen LogP contribution in [-0.4, -0.2) is 18.1 Å². The first-order valence-corrected chi connectivity index (χ1v) is 9.98. The standard InChI is InChI=1S/C21H24N2O3S/c1-4-5-10-25-15-8-6-14(7-9-15)19(24)23-20-17(12-22)16-11-21(2,3)26-13-18(16)27-20/h6-9H,4-5,10-11,13H2,1-3H3,(H,23,24). The van der Waals surface area contributed by atoms with Gasteiger partial charge in [0.1, 0.15) is 16.8 Å². The summed E-state index contributed by atoms with van der Waals surface area (Å²) >= 11 is 1.42. The minimum atomic E-state index is -0.297. The maximum Gasteiger partial charge on any atom is 0.256 e. The van der Waals surface area contributed by atoms with Crippen LogP contribution in [0.25, 0.3) is 0 Å². The molecule has 0 bridgehead atoms. The molecule has 0 radical (unpaired) electrons. The van der Waals surface area contributed by atoms with Crippen molar-refractivity contribution in [3.05, 3.63) is 45.8 Å². The van der Waals surface area contributed by atoms with E-state index in [2.05, 4.69) is 18.3 Å². The van der Waals surface area contributed by atoms with Crippen LogP contribution in [0.3, 0.4) is 0 Å². The van der Waals surface area contributed by atoms with E-state index < -0.39 is 0 Å². The minimum absolute atomic E-state index is 0.231. The van der Waals surface area contributed by atoms with Crippen LogP contribution in [0.2, 0.25) is 0 Å². The van der Waals surface area contributed by atoms with Crippen molar-refractivity contribution in [2.24, 2.45) is 0 Å². The third-order valence-corrected chi connectivity index (χ3v) is 5.63. The zero-order valence-electron chi connectivity index (χ0n) is 15.9. The Morgan fingerprint density at radius 3 is 2.78 bits per heavy atom. The normalized spacial score (nSPS) is 14.9. The zero-order valence-corrected chi connectivity index (χ0v) is 16.7. The lowest BCUT2D eigenvalue weighted by Gasteiger charge is -2.29. The predicted molar refractivity (Wildman–Crippen MR) is 106 cm³/mol. The molecule has 0 saturated heterocycles. The van der Waals surface area contributed by atoms with Crippen molar-refractivity contribution in [3.63, 3.8) is 0 Å². The number of nitrogens with zero attached hydrogens (tertiary/aromatic N) is 1. The average Bonchev–Trinajstić information content (AvgIpc) is 2.97. The number of nitriles is 1. The third kappa shape index (κ3) is 4.49. The second kappa shape index (κ2) is 8.12. The Kier molecular flexibility index (Phi) is 5.83. The van der Waals surface area contributed by atoms with E-state index in [0.717, 1.165) is 29.0 Å². The summed E-state index contributed by atoms with van der Waals surface area (Å²) in [5, 5.41) is 13.1. The summed E-state index contributed by atoms with van der Waals surface area (Å²) in [6, 6.07) is 9.33. The Balaban J connectivity index is 1.73. The molecule has 0 fully saturated rings. The molecule has 1 aliphatic heterocycles. The van der Waals surface area contributed by atoms with Crippen LogP contribution in [0, 0.1) is 11.3 Å².